The first-order chi connectivity index (χ1) is 15.4. The maximum Gasteiger partial charge on any atom is 0.242 e. The maximum absolute atomic E-state index is 12.8. The number of sulfonamides is 1. The Morgan fingerprint density at radius 1 is 1.25 bits per heavy atom. The van der Waals surface area contributed by atoms with Crippen molar-refractivity contribution < 1.29 is 22.5 Å². The van der Waals surface area contributed by atoms with Crippen molar-refractivity contribution in [2.75, 3.05) is 18.6 Å². The first-order valence-corrected chi connectivity index (χ1v) is 11.8. The van der Waals surface area contributed by atoms with Gasteiger partial charge in [0.15, 0.2) is 0 Å². The van der Waals surface area contributed by atoms with Gasteiger partial charge in [0.1, 0.15) is 5.75 Å². The number of methoxy groups -OCH3 is 1. The quantitative estimate of drug-likeness (QED) is 0.583. The van der Waals surface area contributed by atoms with Gasteiger partial charge >= 0.3 is 0 Å². The van der Waals surface area contributed by atoms with Crippen LogP contribution in [-0.2, 0) is 27.8 Å². The largest absolute Gasteiger partial charge is 0.497 e. The van der Waals surface area contributed by atoms with Crippen LogP contribution >= 0.6 is 0 Å². The van der Waals surface area contributed by atoms with Crippen molar-refractivity contribution in [1.82, 2.24) is 14.9 Å². The summed E-state index contributed by atoms with van der Waals surface area (Å²) in [4.78, 5) is 18.6. The highest BCUT2D eigenvalue weighted by Gasteiger charge is 2.36. The van der Waals surface area contributed by atoms with E-state index in [4.69, 9.17) is 9.26 Å². The van der Waals surface area contributed by atoms with E-state index in [1.165, 1.54) is 6.07 Å². The van der Waals surface area contributed by atoms with Crippen LogP contribution in [0.25, 0.3) is 11.4 Å². The fourth-order valence-corrected chi connectivity index (χ4v) is 4.80. The molecule has 1 amide bonds. The van der Waals surface area contributed by atoms with E-state index >= 15 is 0 Å². The monoisotopic (exact) mass is 454 g/mol. The summed E-state index contributed by atoms with van der Waals surface area (Å²) in [5, 5.41) is 3.91. The highest BCUT2D eigenvalue weighted by atomic mass is 32.2. The second-order valence-corrected chi connectivity index (χ2v) is 9.64. The lowest BCUT2D eigenvalue weighted by atomic mass is 10.2. The SMILES string of the molecule is COc1cccc(-c2noc(CNS(=O)(=O)c3ccc4c(c3)CCN4C(=O)C3CC3)n2)c1. The number of ether oxygens (including phenoxy) is 1. The van der Waals surface area contributed by atoms with Crippen molar-refractivity contribution in [3.63, 3.8) is 0 Å². The number of rotatable bonds is 7. The number of hydrogen-bond acceptors (Lipinski definition) is 7. The van der Waals surface area contributed by atoms with Gasteiger partial charge in [0.05, 0.1) is 18.6 Å². The summed E-state index contributed by atoms with van der Waals surface area (Å²) in [7, 11) is -2.22. The second kappa shape index (κ2) is 8.03. The number of anilines is 1. The zero-order valence-electron chi connectivity index (χ0n) is 17.4. The van der Waals surface area contributed by atoms with Gasteiger partial charge < -0.3 is 14.2 Å². The summed E-state index contributed by atoms with van der Waals surface area (Å²) >= 11 is 0. The van der Waals surface area contributed by atoms with Crippen LogP contribution in [0.1, 0.15) is 24.3 Å². The number of benzene rings is 2. The van der Waals surface area contributed by atoms with E-state index < -0.39 is 10.0 Å². The molecule has 1 saturated carbocycles. The topological polar surface area (TPSA) is 115 Å². The van der Waals surface area contributed by atoms with Crippen LogP contribution in [0.2, 0.25) is 0 Å². The molecule has 0 spiro atoms. The molecule has 0 atom stereocenters. The Balaban J connectivity index is 1.28. The Morgan fingerprint density at radius 3 is 2.88 bits per heavy atom. The second-order valence-electron chi connectivity index (χ2n) is 7.87. The van der Waals surface area contributed by atoms with E-state index in [0.29, 0.717) is 30.1 Å². The predicted molar refractivity (Wildman–Crippen MR) is 116 cm³/mol. The molecule has 1 fully saturated rings. The third-order valence-electron chi connectivity index (χ3n) is 5.66. The molecule has 9 nitrogen and oxygen atoms in total. The van der Waals surface area contributed by atoms with Gasteiger partial charge in [-0.05, 0) is 55.2 Å². The van der Waals surface area contributed by atoms with Crippen molar-refractivity contribution in [2.45, 2.75) is 30.7 Å². The zero-order valence-corrected chi connectivity index (χ0v) is 18.3. The minimum absolute atomic E-state index is 0.127. The van der Waals surface area contributed by atoms with Gasteiger partial charge in [-0.1, -0.05) is 17.3 Å². The Labute approximate surface area is 185 Å². The van der Waals surface area contributed by atoms with Gasteiger partial charge in [-0.3, -0.25) is 4.79 Å². The molecule has 1 aliphatic heterocycles. The van der Waals surface area contributed by atoms with E-state index in [9.17, 15) is 13.2 Å². The van der Waals surface area contributed by atoms with Crippen molar-refractivity contribution >= 4 is 21.6 Å². The van der Waals surface area contributed by atoms with E-state index in [1.54, 1.807) is 42.3 Å². The lowest BCUT2D eigenvalue weighted by molar-refractivity contribution is -0.119. The molecule has 2 aromatic carbocycles. The molecule has 5 rings (SSSR count). The Morgan fingerprint density at radius 2 is 2.09 bits per heavy atom. The van der Waals surface area contributed by atoms with Crippen LogP contribution in [0, 0.1) is 5.92 Å². The third-order valence-corrected chi connectivity index (χ3v) is 7.06. The van der Waals surface area contributed by atoms with E-state index in [0.717, 1.165) is 24.1 Å². The van der Waals surface area contributed by atoms with Crippen LogP contribution in [0.4, 0.5) is 5.69 Å². The first-order valence-electron chi connectivity index (χ1n) is 10.4. The molecule has 166 valence electrons. The van der Waals surface area contributed by atoms with Gasteiger partial charge in [0, 0.05) is 23.7 Å². The Bertz CT molecular complexity index is 1280. The van der Waals surface area contributed by atoms with Crippen LogP contribution < -0.4 is 14.4 Å². The van der Waals surface area contributed by atoms with Crippen molar-refractivity contribution in [2.24, 2.45) is 5.92 Å². The lowest BCUT2D eigenvalue weighted by Gasteiger charge is -2.17. The van der Waals surface area contributed by atoms with Gasteiger partial charge in [-0.15, -0.1) is 0 Å². The third kappa shape index (κ3) is 3.98. The minimum atomic E-state index is -3.79. The lowest BCUT2D eigenvalue weighted by Crippen LogP contribution is -2.30. The number of aromatic nitrogens is 2. The summed E-state index contributed by atoms with van der Waals surface area (Å²) in [6.45, 7) is 0.458. The molecule has 3 aromatic rings. The molecule has 32 heavy (non-hydrogen) atoms. The minimum Gasteiger partial charge on any atom is -0.497 e. The van der Waals surface area contributed by atoms with Crippen molar-refractivity contribution in [3.05, 3.63) is 53.9 Å². The summed E-state index contributed by atoms with van der Waals surface area (Å²) in [5.41, 5.74) is 2.37. The highest BCUT2D eigenvalue weighted by molar-refractivity contribution is 7.89. The fourth-order valence-electron chi connectivity index (χ4n) is 3.77. The molecule has 1 N–H and O–H groups in total. The highest BCUT2D eigenvalue weighted by Crippen LogP contribution is 2.37. The van der Waals surface area contributed by atoms with Crippen LogP contribution in [0.15, 0.2) is 51.9 Å². The number of carbonyl (C=O) groups is 1. The number of carbonyl (C=O) groups excluding carboxylic acids is 1. The molecule has 1 aliphatic carbocycles. The smallest absolute Gasteiger partial charge is 0.242 e. The van der Waals surface area contributed by atoms with Gasteiger partial charge in [-0.2, -0.15) is 4.98 Å². The molecule has 0 bridgehead atoms. The zero-order chi connectivity index (χ0) is 22.3. The normalized spacial score (nSPS) is 15.6. The predicted octanol–water partition coefficient (Wildman–Crippen LogP) is 2.52. The molecule has 1 aromatic heterocycles. The molecule has 2 aliphatic rings. The van der Waals surface area contributed by atoms with E-state index in [-0.39, 0.29) is 29.2 Å². The molecular weight excluding hydrogens is 432 g/mol. The molecule has 0 saturated heterocycles. The number of amides is 1. The van der Waals surface area contributed by atoms with Gasteiger partial charge in [-0.25, -0.2) is 13.1 Å². The number of hydrogen-bond donors (Lipinski definition) is 1. The molecule has 10 heteroatoms. The van der Waals surface area contributed by atoms with Gasteiger partial charge in [0.2, 0.25) is 27.6 Å². The first kappa shape index (κ1) is 20.7. The van der Waals surface area contributed by atoms with E-state index in [1.807, 2.05) is 6.07 Å². The average molecular weight is 455 g/mol. The van der Waals surface area contributed by atoms with E-state index in [2.05, 4.69) is 14.9 Å². The van der Waals surface area contributed by atoms with Crippen LogP contribution in [-0.4, -0.2) is 38.1 Å². The molecular formula is C22H22N4O5S. The Kier molecular flexibility index (Phi) is 5.18. The summed E-state index contributed by atoms with van der Waals surface area (Å²) in [6.07, 6.45) is 2.53. The van der Waals surface area contributed by atoms with Crippen LogP contribution in [0.5, 0.6) is 5.75 Å². The molecule has 2 heterocycles. The molecule has 0 unspecified atom stereocenters. The standard InChI is InChI=1S/C22H22N4O5S/c1-30-17-4-2-3-16(11-17)21-24-20(31-25-21)13-23-32(28,29)18-7-8-19-15(12-18)9-10-26(19)22(27)14-5-6-14/h2-4,7-8,11-12,14,23H,5-6,9-10,13H2,1H3. The number of nitrogens with zero attached hydrogens (tertiary/aromatic N) is 3. The van der Waals surface area contributed by atoms with Gasteiger partial charge in [0.25, 0.3) is 0 Å². The van der Waals surface area contributed by atoms with Crippen molar-refractivity contribution in [3.8, 4) is 17.1 Å². The average Bonchev–Trinajstić information content (AvgIpc) is 3.40. The fraction of sp³-hybridized carbons (Fsp3) is 0.318. The summed E-state index contributed by atoms with van der Waals surface area (Å²) in [5.74, 6) is 1.41. The Hall–Kier alpha value is -3.24. The van der Waals surface area contributed by atoms with Crippen LogP contribution in [0.3, 0.4) is 0 Å². The summed E-state index contributed by atoms with van der Waals surface area (Å²) in [6, 6.07) is 12.0. The number of fused-ring (bicyclic) bond motifs is 1. The van der Waals surface area contributed by atoms with Crippen molar-refractivity contribution in [1.29, 1.82) is 0 Å². The molecule has 0 radical (unpaired) electrons. The summed E-state index contributed by atoms with van der Waals surface area (Å²) < 4.78 is 38.5. The number of nitrogens with one attached hydrogen (secondary N) is 1. The maximum atomic E-state index is 12.8.